The van der Waals surface area contributed by atoms with Crippen molar-refractivity contribution in [3.63, 3.8) is 0 Å². The molecule has 0 radical (unpaired) electrons. The van der Waals surface area contributed by atoms with Crippen LogP contribution in [-0.4, -0.2) is 22.8 Å². The van der Waals surface area contributed by atoms with E-state index >= 15 is 0 Å². The van der Waals surface area contributed by atoms with Gasteiger partial charge in [0.05, 0.1) is 6.10 Å². The van der Waals surface area contributed by atoms with Crippen molar-refractivity contribution in [2.45, 2.75) is 32.8 Å². The molecule has 0 bridgehead atoms. The number of aliphatic hydroxyl groups is 1. The van der Waals surface area contributed by atoms with Gasteiger partial charge in [-0.25, -0.2) is 4.98 Å². The normalized spacial score (nSPS) is 10.6. The van der Waals surface area contributed by atoms with Crippen LogP contribution in [0.25, 0.3) is 0 Å². The Morgan fingerprint density at radius 1 is 1.43 bits per heavy atom. The lowest BCUT2D eigenvalue weighted by molar-refractivity contribution is 0.231. The lowest BCUT2D eigenvalue weighted by atomic mass is 10.2. The Labute approximate surface area is 84.7 Å². The number of aryl methyl sites for hydroxylation is 1. The Kier molecular flexibility index (Phi) is 4.40. The zero-order chi connectivity index (χ0) is 10.4. The Hall–Kier alpha value is -1.09. The molecule has 0 aliphatic rings. The summed E-state index contributed by atoms with van der Waals surface area (Å²) >= 11 is 0. The van der Waals surface area contributed by atoms with Gasteiger partial charge in [0.2, 0.25) is 5.88 Å². The van der Waals surface area contributed by atoms with Gasteiger partial charge in [-0.15, -0.1) is 0 Å². The highest BCUT2D eigenvalue weighted by atomic mass is 16.5. The largest absolute Gasteiger partial charge is 0.475 e. The number of aliphatic hydroxyl groups excluding tert-OH is 1. The van der Waals surface area contributed by atoms with Crippen LogP contribution in [0, 0.1) is 0 Å². The third-order valence-corrected chi connectivity index (χ3v) is 1.73. The van der Waals surface area contributed by atoms with Crippen LogP contribution in [0.4, 0.5) is 0 Å². The number of hydrogen-bond donors (Lipinski definition) is 1. The number of rotatable bonds is 5. The lowest BCUT2D eigenvalue weighted by Crippen LogP contribution is -2.07. The van der Waals surface area contributed by atoms with Gasteiger partial charge in [-0.05, 0) is 32.8 Å². The predicted octanol–water partition coefficient (Wildman–Crippen LogP) is 1.79. The summed E-state index contributed by atoms with van der Waals surface area (Å²) in [4.78, 5) is 4.32. The van der Waals surface area contributed by atoms with E-state index in [4.69, 9.17) is 9.84 Å². The summed E-state index contributed by atoms with van der Waals surface area (Å²) in [5.41, 5.74) is 0.970. The average Bonchev–Trinajstić information content (AvgIpc) is 2.14. The Bertz CT molecular complexity index is 274. The quantitative estimate of drug-likeness (QED) is 0.779. The lowest BCUT2D eigenvalue weighted by Gasteiger charge is -2.09. The minimum absolute atomic E-state index is 0.149. The van der Waals surface area contributed by atoms with Crippen LogP contribution in [0.3, 0.4) is 0 Å². The van der Waals surface area contributed by atoms with E-state index in [0.717, 1.165) is 18.5 Å². The zero-order valence-corrected chi connectivity index (χ0v) is 8.73. The van der Waals surface area contributed by atoms with Gasteiger partial charge in [-0.3, -0.25) is 0 Å². The van der Waals surface area contributed by atoms with Crippen LogP contribution in [0.15, 0.2) is 18.2 Å². The van der Waals surface area contributed by atoms with Gasteiger partial charge in [0, 0.05) is 18.4 Å². The van der Waals surface area contributed by atoms with E-state index < -0.39 is 0 Å². The smallest absolute Gasteiger partial charge is 0.213 e. The monoisotopic (exact) mass is 195 g/mol. The fraction of sp³-hybridized carbons (Fsp3) is 0.545. The molecule has 0 amide bonds. The molecule has 0 aromatic carbocycles. The molecule has 0 aliphatic carbocycles. The molecule has 0 aliphatic heterocycles. The molecule has 1 heterocycles. The van der Waals surface area contributed by atoms with Crippen LogP contribution >= 0.6 is 0 Å². The van der Waals surface area contributed by atoms with Gasteiger partial charge >= 0.3 is 0 Å². The summed E-state index contributed by atoms with van der Waals surface area (Å²) in [5.74, 6) is 0.662. The third kappa shape index (κ3) is 3.75. The van der Waals surface area contributed by atoms with Crippen molar-refractivity contribution >= 4 is 0 Å². The van der Waals surface area contributed by atoms with E-state index in [1.165, 1.54) is 0 Å². The molecule has 3 heteroatoms. The molecule has 78 valence electrons. The number of aromatic nitrogens is 1. The summed E-state index contributed by atoms with van der Waals surface area (Å²) < 4.78 is 5.46. The number of hydrogen-bond acceptors (Lipinski definition) is 3. The van der Waals surface area contributed by atoms with Crippen molar-refractivity contribution in [2.24, 2.45) is 0 Å². The first-order valence-electron chi connectivity index (χ1n) is 4.96. The summed E-state index contributed by atoms with van der Waals surface area (Å²) in [5, 5.41) is 8.68. The predicted molar refractivity (Wildman–Crippen MR) is 55.4 cm³/mol. The first kappa shape index (κ1) is 11.0. The molecule has 0 saturated heterocycles. The third-order valence-electron chi connectivity index (χ3n) is 1.73. The van der Waals surface area contributed by atoms with Crippen LogP contribution in [-0.2, 0) is 6.42 Å². The van der Waals surface area contributed by atoms with E-state index in [9.17, 15) is 0 Å². The van der Waals surface area contributed by atoms with E-state index in [1.54, 1.807) is 0 Å². The standard InChI is InChI=1S/C11H17NO2/c1-9(2)14-11-7-3-5-10(12-11)6-4-8-13/h3,5,7,9,13H,4,6,8H2,1-2H3. The molecule has 3 nitrogen and oxygen atoms in total. The molecule has 0 atom stereocenters. The molecule has 14 heavy (non-hydrogen) atoms. The summed E-state index contributed by atoms with van der Waals surface area (Å²) in [6, 6.07) is 5.72. The Morgan fingerprint density at radius 2 is 2.21 bits per heavy atom. The van der Waals surface area contributed by atoms with Gasteiger partial charge in [0.15, 0.2) is 0 Å². The van der Waals surface area contributed by atoms with E-state index in [2.05, 4.69) is 4.98 Å². The minimum Gasteiger partial charge on any atom is -0.475 e. The molecular weight excluding hydrogens is 178 g/mol. The first-order valence-corrected chi connectivity index (χ1v) is 4.96. The van der Waals surface area contributed by atoms with Crippen molar-refractivity contribution in [3.8, 4) is 5.88 Å². The fourth-order valence-corrected chi connectivity index (χ4v) is 1.16. The average molecular weight is 195 g/mol. The van der Waals surface area contributed by atoms with Crippen LogP contribution in [0.2, 0.25) is 0 Å². The van der Waals surface area contributed by atoms with Crippen LogP contribution in [0.1, 0.15) is 26.0 Å². The van der Waals surface area contributed by atoms with Crippen molar-refractivity contribution in [1.29, 1.82) is 0 Å². The molecule has 0 saturated carbocycles. The second-order valence-electron chi connectivity index (χ2n) is 3.46. The summed E-state index contributed by atoms with van der Waals surface area (Å²) in [6.07, 6.45) is 1.69. The highest BCUT2D eigenvalue weighted by Crippen LogP contribution is 2.10. The molecule has 1 N–H and O–H groups in total. The second kappa shape index (κ2) is 5.60. The van der Waals surface area contributed by atoms with Gasteiger partial charge < -0.3 is 9.84 Å². The van der Waals surface area contributed by atoms with Crippen molar-refractivity contribution in [3.05, 3.63) is 23.9 Å². The first-order chi connectivity index (χ1) is 6.72. The highest BCUT2D eigenvalue weighted by molar-refractivity contribution is 5.16. The Morgan fingerprint density at radius 3 is 2.86 bits per heavy atom. The molecule has 0 fully saturated rings. The number of nitrogens with zero attached hydrogens (tertiary/aromatic N) is 1. The maximum atomic E-state index is 8.68. The van der Waals surface area contributed by atoms with Gasteiger partial charge in [0.25, 0.3) is 0 Å². The zero-order valence-electron chi connectivity index (χ0n) is 8.73. The SMILES string of the molecule is CC(C)Oc1cccc(CCCO)n1. The highest BCUT2D eigenvalue weighted by Gasteiger charge is 2.00. The van der Waals surface area contributed by atoms with E-state index in [1.807, 2.05) is 32.0 Å². The van der Waals surface area contributed by atoms with Gasteiger partial charge in [-0.2, -0.15) is 0 Å². The topological polar surface area (TPSA) is 42.4 Å². The maximum absolute atomic E-state index is 8.68. The molecule has 1 rings (SSSR count). The molecule has 1 aromatic heterocycles. The molecular formula is C11H17NO2. The van der Waals surface area contributed by atoms with Crippen molar-refractivity contribution < 1.29 is 9.84 Å². The van der Waals surface area contributed by atoms with Crippen molar-refractivity contribution in [2.75, 3.05) is 6.61 Å². The number of pyridine rings is 1. The summed E-state index contributed by atoms with van der Waals surface area (Å²) in [7, 11) is 0. The van der Waals surface area contributed by atoms with Crippen LogP contribution in [0.5, 0.6) is 5.88 Å². The van der Waals surface area contributed by atoms with Crippen molar-refractivity contribution in [1.82, 2.24) is 4.98 Å². The fourth-order valence-electron chi connectivity index (χ4n) is 1.16. The summed E-state index contributed by atoms with van der Waals surface area (Å²) in [6.45, 7) is 4.15. The molecule has 0 unspecified atom stereocenters. The number of ether oxygens (including phenoxy) is 1. The molecule has 0 spiro atoms. The van der Waals surface area contributed by atoms with Gasteiger partial charge in [0.1, 0.15) is 0 Å². The second-order valence-corrected chi connectivity index (χ2v) is 3.46. The van der Waals surface area contributed by atoms with Crippen LogP contribution < -0.4 is 4.74 Å². The van der Waals surface area contributed by atoms with E-state index in [0.29, 0.717) is 5.88 Å². The van der Waals surface area contributed by atoms with Gasteiger partial charge in [-0.1, -0.05) is 6.07 Å². The molecule has 1 aromatic rings. The maximum Gasteiger partial charge on any atom is 0.213 e. The Balaban J connectivity index is 2.59. The minimum atomic E-state index is 0.149. The van der Waals surface area contributed by atoms with E-state index in [-0.39, 0.29) is 12.7 Å².